The molecule has 0 aromatic rings. The van der Waals surface area contributed by atoms with Crippen LogP contribution in [0.5, 0.6) is 0 Å². The number of hydrogen-bond donors (Lipinski definition) is 4. The van der Waals surface area contributed by atoms with Gasteiger partial charge in [-0.2, -0.15) is 0 Å². The van der Waals surface area contributed by atoms with Crippen LogP contribution in [-0.4, -0.2) is 95.9 Å². The molecule has 0 saturated carbocycles. The summed E-state index contributed by atoms with van der Waals surface area (Å²) in [6.45, 7) is 2.31. The molecule has 0 amide bonds. The maximum Gasteiger partial charge on any atom is 0.472 e. The molecule has 0 aliphatic heterocycles. The third kappa shape index (κ3) is 76.1. The van der Waals surface area contributed by atoms with Crippen LogP contribution in [0, 0.1) is 0 Å². The number of phosphoric acid groups is 2. The largest absolute Gasteiger partial charge is 0.472 e. The molecule has 101 heavy (non-hydrogen) atoms. The van der Waals surface area contributed by atoms with Gasteiger partial charge in [0.15, 0.2) is 6.10 Å². The third-order valence-corrected chi connectivity index (χ3v) is 17.6. The normalized spacial score (nSPS) is 14.9. The van der Waals surface area contributed by atoms with Crippen LogP contribution in [0.15, 0.2) is 158 Å². The summed E-state index contributed by atoms with van der Waals surface area (Å²) in [6.07, 6.45) is 93.1. The molecule has 16 nitrogen and oxygen atoms in total. The van der Waals surface area contributed by atoms with Crippen molar-refractivity contribution in [3.05, 3.63) is 158 Å². The maximum atomic E-state index is 12.9. The van der Waals surface area contributed by atoms with Gasteiger partial charge in [-0.3, -0.25) is 32.5 Å². The molecule has 0 fully saturated rings. The number of ether oxygens (including phenoxy) is 3. The molecule has 0 rings (SSSR count). The molecule has 0 aromatic heterocycles. The summed E-state index contributed by atoms with van der Waals surface area (Å²) in [4.78, 5) is 58.5. The Balaban J connectivity index is 4.54. The van der Waals surface area contributed by atoms with Gasteiger partial charge in [-0.15, -0.1) is 0 Å². The van der Waals surface area contributed by atoms with E-state index in [1.807, 2.05) is 12.2 Å². The summed E-state index contributed by atoms with van der Waals surface area (Å²) in [5.74, 6) is -1.68. The van der Waals surface area contributed by atoms with E-state index in [9.17, 15) is 43.5 Å². The lowest BCUT2D eigenvalue weighted by Crippen LogP contribution is -2.30. The molecule has 4 N–H and O–H groups in total. The van der Waals surface area contributed by atoms with Crippen LogP contribution < -0.4 is 0 Å². The highest BCUT2D eigenvalue weighted by Crippen LogP contribution is 2.45. The smallest absolute Gasteiger partial charge is 0.463 e. The second kappa shape index (κ2) is 74.9. The number of aliphatic hydroxyl groups excluding tert-OH is 2. The molecule has 576 valence electrons. The fourth-order valence-electron chi connectivity index (χ4n) is 9.88. The van der Waals surface area contributed by atoms with Crippen molar-refractivity contribution in [1.82, 2.24) is 0 Å². The monoisotopic (exact) mass is 1450 g/mol. The van der Waals surface area contributed by atoms with Crippen molar-refractivity contribution < 1.29 is 75.8 Å². The van der Waals surface area contributed by atoms with E-state index in [-0.39, 0.29) is 19.3 Å². The molecule has 0 heterocycles. The molecule has 0 aliphatic rings. The molecule has 0 radical (unpaired) electrons. The average Bonchev–Trinajstić information content (AvgIpc) is 1.16. The van der Waals surface area contributed by atoms with Gasteiger partial charge in [-0.1, -0.05) is 288 Å². The highest BCUT2D eigenvalue weighted by molar-refractivity contribution is 7.47. The summed E-state index contributed by atoms with van der Waals surface area (Å²) in [5, 5.41) is 20.6. The van der Waals surface area contributed by atoms with Crippen LogP contribution >= 0.6 is 15.6 Å². The Bertz CT molecular complexity index is 2470. The fourth-order valence-corrected chi connectivity index (χ4v) is 11.5. The zero-order valence-electron chi connectivity index (χ0n) is 62.8. The Morgan fingerprint density at radius 1 is 0.287 bits per heavy atom. The Hall–Kier alpha value is -4.83. The minimum atomic E-state index is -4.95. The van der Waals surface area contributed by atoms with E-state index in [1.54, 1.807) is 0 Å². The van der Waals surface area contributed by atoms with Crippen LogP contribution in [0.4, 0.5) is 0 Å². The van der Waals surface area contributed by atoms with Crippen molar-refractivity contribution in [2.45, 2.75) is 309 Å². The third-order valence-electron chi connectivity index (χ3n) is 15.7. The first-order chi connectivity index (χ1) is 49.2. The lowest BCUT2D eigenvalue weighted by Gasteiger charge is -2.21. The molecule has 0 spiro atoms. The van der Waals surface area contributed by atoms with E-state index in [4.69, 9.17) is 32.3 Å². The van der Waals surface area contributed by atoms with Crippen LogP contribution in [0.3, 0.4) is 0 Å². The van der Waals surface area contributed by atoms with E-state index in [0.29, 0.717) is 25.7 Å². The highest BCUT2D eigenvalue weighted by atomic mass is 31.2. The van der Waals surface area contributed by atoms with Gasteiger partial charge in [0.1, 0.15) is 25.4 Å². The summed E-state index contributed by atoms with van der Waals surface area (Å²) in [5.41, 5.74) is 0. The molecule has 0 bridgehead atoms. The zero-order chi connectivity index (χ0) is 73.7. The Morgan fingerprint density at radius 2 is 0.535 bits per heavy atom. The number of rotatable bonds is 72. The number of phosphoric ester groups is 2. The SMILES string of the molecule is CC/C=C\C/C=C\C/C=C\C/C=C\C/C=C\CCCC(=O)OCC(COP(=O)(O)OCC(O)COP(=O)(O)OCC(O)COC(=O)CCCCCCCCCCCCCCCCC/C=C\C/C=C\C/C=C\C/C=C\CCCCC)OC(=O)CCCCCC/C=C\C/C=C\C/C=C\C/C=C\CC. The van der Waals surface area contributed by atoms with Crippen LogP contribution in [0.2, 0.25) is 0 Å². The molecule has 0 saturated heterocycles. The lowest BCUT2D eigenvalue weighted by atomic mass is 10.0. The van der Waals surface area contributed by atoms with Gasteiger partial charge < -0.3 is 34.2 Å². The van der Waals surface area contributed by atoms with Gasteiger partial charge in [-0.25, -0.2) is 9.13 Å². The Labute approximate surface area is 612 Å². The molecular formula is C83H138O16P2. The number of allylic oxidation sites excluding steroid dienone is 26. The quantitative estimate of drug-likeness (QED) is 0.0146. The van der Waals surface area contributed by atoms with Crippen LogP contribution in [0.25, 0.3) is 0 Å². The molecule has 0 aromatic carbocycles. The van der Waals surface area contributed by atoms with E-state index in [0.717, 1.165) is 122 Å². The first-order valence-corrected chi connectivity index (χ1v) is 41.8. The molecule has 5 atom stereocenters. The molecule has 0 aliphatic carbocycles. The molecule has 18 heteroatoms. The van der Waals surface area contributed by atoms with Crippen LogP contribution in [0.1, 0.15) is 290 Å². The average molecular weight is 1450 g/mol. The van der Waals surface area contributed by atoms with Gasteiger partial charge in [0, 0.05) is 19.3 Å². The van der Waals surface area contributed by atoms with Crippen LogP contribution in [-0.2, 0) is 55.8 Å². The van der Waals surface area contributed by atoms with Crippen molar-refractivity contribution in [3.8, 4) is 0 Å². The standard InChI is InChI=1S/C83H138O16P2/c1-4-7-10-13-16-19-22-25-28-31-32-33-34-35-36-37-38-39-40-41-42-43-44-47-49-51-54-57-60-63-66-69-81(86)93-72-78(84)73-95-100(89,90)96-74-79(85)75-97-101(91,92)98-77-80(99-83(88)71-68-65-62-59-56-53-50-46-30-27-24-21-18-15-12-9-6-3)76-94-82(87)70-67-64-61-58-55-52-48-45-29-26-23-20-17-14-11-8-5-2/h8-9,11-12,16-21,25-30,32-33,35-36,48,50,52-53,58,61,78-80,84-85H,4-7,10,13-15,22-24,31,34,37-47,49,51,54-57,59-60,62-77H2,1-3H3,(H,89,90)(H,91,92)/b11-8-,12-9-,19-16-,20-17-,21-18-,28-25-,29-26-,30-27-,33-32-,36-35-,52-48-,53-50-,61-58-. The van der Waals surface area contributed by atoms with Crippen molar-refractivity contribution in [1.29, 1.82) is 0 Å². The fraction of sp³-hybridized carbons (Fsp3) is 0.651. The van der Waals surface area contributed by atoms with Crippen molar-refractivity contribution in [2.24, 2.45) is 0 Å². The Kier molecular flexibility index (Phi) is 71.3. The summed E-state index contributed by atoms with van der Waals surface area (Å²) < 4.78 is 61.0. The van der Waals surface area contributed by atoms with E-state index < -0.39 is 91.5 Å². The first-order valence-electron chi connectivity index (χ1n) is 38.8. The van der Waals surface area contributed by atoms with Gasteiger partial charge in [-0.05, 0) is 141 Å². The van der Waals surface area contributed by atoms with E-state index in [1.165, 1.54) is 103 Å². The van der Waals surface area contributed by atoms with Gasteiger partial charge in [0.25, 0.3) is 0 Å². The second-order valence-electron chi connectivity index (χ2n) is 25.4. The Morgan fingerprint density at radius 3 is 0.871 bits per heavy atom. The maximum absolute atomic E-state index is 12.9. The van der Waals surface area contributed by atoms with Crippen molar-refractivity contribution in [3.63, 3.8) is 0 Å². The first kappa shape index (κ1) is 96.2. The van der Waals surface area contributed by atoms with Gasteiger partial charge in [0.05, 0.1) is 26.4 Å². The topological polar surface area (TPSA) is 231 Å². The number of esters is 3. The molecular weight excluding hydrogens is 1310 g/mol. The minimum absolute atomic E-state index is 0.0590. The van der Waals surface area contributed by atoms with Crippen molar-refractivity contribution >= 4 is 33.6 Å². The second-order valence-corrected chi connectivity index (χ2v) is 28.3. The van der Waals surface area contributed by atoms with Crippen molar-refractivity contribution in [2.75, 3.05) is 39.6 Å². The van der Waals surface area contributed by atoms with E-state index >= 15 is 0 Å². The van der Waals surface area contributed by atoms with E-state index in [2.05, 4.69) is 167 Å². The van der Waals surface area contributed by atoms with Gasteiger partial charge in [0.2, 0.25) is 0 Å². The number of hydrogen-bond acceptors (Lipinski definition) is 14. The van der Waals surface area contributed by atoms with Gasteiger partial charge >= 0.3 is 33.6 Å². The highest BCUT2D eigenvalue weighted by Gasteiger charge is 2.29. The predicted octanol–water partition coefficient (Wildman–Crippen LogP) is 22.6. The minimum Gasteiger partial charge on any atom is -0.463 e. The number of carbonyl (C=O) groups excluding carboxylic acids is 3. The zero-order valence-corrected chi connectivity index (χ0v) is 64.6. The predicted molar refractivity (Wildman–Crippen MR) is 417 cm³/mol. The number of carbonyl (C=O) groups is 3. The lowest BCUT2D eigenvalue weighted by molar-refractivity contribution is -0.161. The summed E-state index contributed by atoms with van der Waals surface area (Å²) >= 11 is 0. The molecule has 5 unspecified atom stereocenters. The summed E-state index contributed by atoms with van der Waals surface area (Å²) in [6, 6.07) is 0. The number of unbranched alkanes of at least 4 members (excludes halogenated alkanes) is 23. The number of aliphatic hydroxyl groups is 2. The summed E-state index contributed by atoms with van der Waals surface area (Å²) in [7, 11) is -9.82.